The van der Waals surface area contributed by atoms with Crippen LogP contribution in [0.2, 0.25) is 4.34 Å². The third kappa shape index (κ3) is 3.08. The van der Waals surface area contributed by atoms with E-state index in [1.54, 1.807) is 24.6 Å². The van der Waals surface area contributed by atoms with Crippen LogP contribution < -0.4 is 5.32 Å². The highest BCUT2D eigenvalue weighted by atomic mass is 35.5. The average Bonchev–Trinajstić information content (AvgIpc) is 2.94. The van der Waals surface area contributed by atoms with Gasteiger partial charge in [0.1, 0.15) is 11.0 Å². The molecule has 0 spiro atoms. The number of aliphatic hydroxyl groups is 1. The predicted molar refractivity (Wildman–Crippen MR) is 73.5 cm³/mol. The highest BCUT2D eigenvalue weighted by Crippen LogP contribution is 2.26. The number of carbonyl (C=O) groups excluding carboxylic acids is 1. The summed E-state index contributed by atoms with van der Waals surface area (Å²) < 4.78 is 0.619. The first-order valence-corrected chi connectivity index (χ1v) is 7.27. The molecule has 0 aromatic carbocycles. The van der Waals surface area contributed by atoms with Crippen LogP contribution in [0.25, 0.3) is 0 Å². The maximum Gasteiger partial charge on any atom is 0.263 e. The Balaban J connectivity index is 1.92. The van der Waals surface area contributed by atoms with Crippen molar-refractivity contribution in [3.05, 3.63) is 37.4 Å². The highest BCUT2D eigenvalue weighted by Gasteiger charge is 2.15. The molecule has 7 heteroatoms. The molecule has 1 atom stereocenters. The minimum atomic E-state index is -0.736. The summed E-state index contributed by atoms with van der Waals surface area (Å²) in [5.74, 6) is -0.211. The van der Waals surface area contributed by atoms with E-state index in [1.165, 1.54) is 22.7 Å². The summed E-state index contributed by atoms with van der Waals surface area (Å²) in [6.45, 7) is 1.94. The van der Waals surface area contributed by atoms with E-state index in [2.05, 4.69) is 10.3 Å². The molecule has 0 radical (unpaired) electrons. The molecule has 2 aromatic heterocycles. The van der Waals surface area contributed by atoms with Gasteiger partial charge in [-0.2, -0.15) is 0 Å². The van der Waals surface area contributed by atoms with Crippen LogP contribution in [0.1, 0.15) is 26.3 Å². The van der Waals surface area contributed by atoms with Crippen molar-refractivity contribution in [1.29, 1.82) is 0 Å². The number of thiophene rings is 1. The van der Waals surface area contributed by atoms with Gasteiger partial charge in [-0.3, -0.25) is 4.79 Å². The summed E-state index contributed by atoms with van der Waals surface area (Å²) in [6, 6.07) is 3.47. The first kappa shape index (κ1) is 13.5. The number of amides is 1. The van der Waals surface area contributed by atoms with Crippen molar-refractivity contribution in [2.24, 2.45) is 0 Å². The number of hydrogen-bond acceptors (Lipinski definition) is 5. The van der Waals surface area contributed by atoms with Gasteiger partial charge in [0.05, 0.1) is 15.5 Å². The molecule has 0 bridgehead atoms. The average molecular weight is 303 g/mol. The second kappa shape index (κ2) is 5.79. The van der Waals surface area contributed by atoms with Crippen LogP contribution in [-0.4, -0.2) is 22.5 Å². The van der Waals surface area contributed by atoms with Crippen molar-refractivity contribution in [3.63, 3.8) is 0 Å². The van der Waals surface area contributed by atoms with Crippen molar-refractivity contribution < 1.29 is 9.90 Å². The molecule has 0 unspecified atom stereocenters. The Labute approximate surface area is 117 Å². The van der Waals surface area contributed by atoms with E-state index < -0.39 is 6.10 Å². The highest BCUT2D eigenvalue weighted by molar-refractivity contribution is 7.16. The number of aryl methyl sites for hydroxylation is 1. The van der Waals surface area contributed by atoms with Crippen molar-refractivity contribution >= 4 is 40.2 Å². The zero-order valence-electron chi connectivity index (χ0n) is 9.51. The summed E-state index contributed by atoms with van der Waals surface area (Å²) in [5.41, 5.74) is 2.32. The first-order valence-electron chi connectivity index (χ1n) is 5.19. The summed E-state index contributed by atoms with van der Waals surface area (Å²) >= 11 is 8.37. The topological polar surface area (TPSA) is 62.2 Å². The minimum absolute atomic E-state index is 0.160. The molecule has 0 saturated carbocycles. The van der Waals surface area contributed by atoms with Gasteiger partial charge < -0.3 is 10.4 Å². The molecule has 96 valence electrons. The SMILES string of the molecule is Cc1ncsc1C(=O)NC[C@@H](O)c1ccc(Cl)s1. The zero-order valence-corrected chi connectivity index (χ0v) is 11.9. The number of carbonyl (C=O) groups is 1. The summed E-state index contributed by atoms with van der Waals surface area (Å²) in [4.78, 5) is 17.1. The molecule has 18 heavy (non-hydrogen) atoms. The lowest BCUT2D eigenvalue weighted by atomic mass is 10.3. The van der Waals surface area contributed by atoms with Crippen LogP contribution in [0.5, 0.6) is 0 Å². The van der Waals surface area contributed by atoms with E-state index in [-0.39, 0.29) is 12.5 Å². The van der Waals surface area contributed by atoms with Crippen molar-refractivity contribution in [1.82, 2.24) is 10.3 Å². The molecule has 0 aliphatic carbocycles. The van der Waals surface area contributed by atoms with E-state index in [4.69, 9.17) is 11.6 Å². The molecule has 0 fully saturated rings. The van der Waals surface area contributed by atoms with Crippen LogP contribution in [0.4, 0.5) is 0 Å². The molecule has 2 rings (SSSR count). The monoisotopic (exact) mass is 302 g/mol. The predicted octanol–water partition coefficient (Wildman–Crippen LogP) is 2.63. The molecular formula is C11H11ClN2O2S2. The maximum absolute atomic E-state index is 11.8. The normalized spacial score (nSPS) is 12.4. The Morgan fingerprint density at radius 2 is 2.39 bits per heavy atom. The third-order valence-corrected chi connectivity index (χ3v) is 4.59. The van der Waals surface area contributed by atoms with Crippen LogP contribution in [-0.2, 0) is 0 Å². The van der Waals surface area contributed by atoms with Gasteiger partial charge in [0.2, 0.25) is 0 Å². The Kier molecular flexibility index (Phi) is 4.34. The Morgan fingerprint density at radius 3 is 2.94 bits per heavy atom. The molecule has 1 amide bonds. The fourth-order valence-electron chi connectivity index (χ4n) is 1.40. The molecule has 0 saturated heterocycles. The van der Waals surface area contributed by atoms with E-state index in [1.807, 2.05) is 0 Å². The van der Waals surface area contributed by atoms with Crippen LogP contribution in [0.3, 0.4) is 0 Å². The largest absolute Gasteiger partial charge is 0.386 e. The Hall–Kier alpha value is -0.950. The van der Waals surface area contributed by atoms with Gasteiger partial charge in [-0.15, -0.1) is 22.7 Å². The zero-order chi connectivity index (χ0) is 13.1. The summed E-state index contributed by atoms with van der Waals surface area (Å²) in [5, 5.41) is 12.6. The van der Waals surface area contributed by atoms with E-state index >= 15 is 0 Å². The molecule has 2 heterocycles. The number of aliphatic hydroxyl groups excluding tert-OH is 1. The number of halogens is 1. The maximum atomic E-state index is 11.8. The van der Waals surface area contributed by atoms with Crippen LogP contribution >= 0.6 is 34.3 Å². The van der Waals surface area contributed by atoms with E-state index in [0.717, 1.165) is 4.88 Å². The number of aromatic nitrogens is 1. The quantitative estimate of drug-likeness (QED) is 0.912. The van der Waals surface area contributed by atoms with Gasteiger partial charge in [0.25, 0.3) is 5.91 Å². The second-order valence-electron chi connectivity index (χ2n) is 3.63. The van der Waals surface area contributed by atoms with Gasteiger partial charge in [-0.05, 0) is 19.1 Å². The molecule has 0 aliphatic rings. The number of rotatable bonds is 4. The van der Waals surface area contributed by atoms with Crippen LogP contribution in [0, 0.1) is 6.92 Å². The number of nitrogens with one attached hydrogen (secondary N) is 1. The fourth-order valence-corrected chi connectivity index (χ4v) is 3.16. The van der Waals surface area contributed by atoms with Gasteiger partial charge in [0.15, 0.2) is 0 Å². The van der Waals surface area contributed by atoms with Crippen molar-refractivity contribution in [3.8, 4) is 0 Å². The molecule has 2 N–H and O–H groups in total. The van der Waals surface area contributed by atoms with E-state index in [0.29, 0.717) is 14.9 Å². The smallest absolute Gasteiger partial charge is 0.263 e. The van der Waals surface area contributed by atoms with Gasteiger partial charge in [-0.1, -0.05) is 11.6 Å². The lowest BCUT2D eigenvalue weighted by Crippen LogP contribution is -2.27. The molecule has 0 aliphatic heterocycles. The number of thiazole rings is 1. The lowest BCUT2D eigenvalue weighted by molar-refractivity contribution is 0.0921. The molecule has 2 aromatic rings. The third-order valence-electron chi connectivity index (χ3n) is 2.33. The standard InChI is InChI=1S/C11H11ClN2O2S2/c1-6-10(17-5-14-6)11(16)13-4-7(15)8-2-3-9(12)18-8/h2-3,5,7,15H,4H2,1H3,(H,13,16)/t7-/m1/s1. The number of hydrogen-bond donors (Lipinski definition) is 2. The van der Waals surface area contributed by atoms with Crippen LogP contribution in [0.15, 0.2) is 17.6 Å². The van der Waals surface area contributed by atoms with Crippen molar-refractivity contribution in [2.45, 2.75) is 13.0 Å². The van der Waals surface area contributed by atoms with Gasteiger partial charge >= 0.3 is 0 Å². The van der Waals surface area contributed by atoms with Crippen molar-refractivity contribution in [2.75, 3.05) is 6.54 Å². The fraction of sp³-hybridized carbons (Fsp3) is 0.273. The minimum Gasteiger partial charge on any atom is -0.386 e. The van der Waals surface area contributed by atoms with Gasteiger partial charge in [-0.25, -0.2) is 4.98 Å². The first-order chi connectivity index (χ1) is 8.58. The Bertz CT molecular complexity index is 553. The number of nitrogens with zero attached hydrogens (tertiary/aromatic N) is 1. The Morgan fingerprint density at radius 1 is 1.61 bits per heavy atom. The molecular weight excluding hydrogens is 292 g/mol. The van der Waals surface area contributed by atoms with Gasteiger partial charge in [0, 0.05) is 11.4 Å². The molecule has 4 nitrogen and oxygen atoms in total. The summed E-state index contributed by atoms with van der Waals surface area (Å²) in [7, 11) is 0. The second-order valence-corrected chi connectivity index (χ2v) is 6.24. The van der Waals surface area contributed by atoms with E-state index in [9.17, 15) is 9.90 Å². The summed E-state index contributed by atoms with van der Waals surface area (Å²) in [6.07, 6.45) is -0.736. The lowest BCUT2D eigenvalue weighted by Gasteiger charge is -2.09.